The molecular formula is C12H15NO3. The van der Waals surface area contributed by atoms with E-state index in [1.165, 1.54) is 0 Å². The van der Waals surface area contributed by atoms with E-state index in [1.54, 1.807) is 0 Å². The summed E-state index contributed by atoms with van der Waals surface area (Å²) in [6.45, 7) is 2.09. The normalized spacial score (nSPS) is 17.1. The average Bonchev–Trinajstić information content (AvgIpc) is 2.17. The Balaban J connectivity index is 2.04. The highest BCUT2D eigenvalue weighted by atomic mass is 16.4. The van der Waals surface area contributed by atoms with E-state index in [-0.39, 0.29) is 12.5 Å². The number of nitrogens with zero attached hydrogens (tertiary/aromatic N) is 1. The molecule has 16 heavy (non-hydrogen) atoms. The maximum Gasteiger partial charge on any atom is 0.307 e. The third kappa shape index (κ3) is 2.59. The molecule has 1 heterocycles. The molecule has 1 fully saturated rings. The lowest BCUT2D eigenvalue weighted by atomic mass is 10.0. The van der Waals surface area contributed by atoms with Gasteiger partial charge >= 0.3 is 5.97 Å². The van der Waals surface area contributed by atoms with Crippen molar-refractivity contribution in [3.05, 3.63) is 35.4 Å². The van der Waals surface area contributed by atoms with Crippen LogP contribution in [0.3, 0.4) is 0 Å². The van der Waals surface area contributed by atoms with Gasteiger partial charge in [-0.05, 0) is 11.1 Å². The predicted molar refractivity (Wildman–Crippen MR) is 59.1 cm³/mol. The van der Waals surface area contributed by atoms with Crippen LogP contribution in [-0.2, 0) is 17.8 Å². The van der Waals surface area contributed by atoms with Gasteiger partial charge in [-0.2, -0.15) is 0 Å². The molecule has 0 atom stereocenters. The Kier molecular flexibility index (Phi) is 3.22. The lowest BCUT2D eigenvalue weighted by Crippen LogP contribution is -2.49. The van der Waals surface area contributed by atoms with Crippen molar-refractivity contribution in [1.82, 2.24) is 4.90 Å². The smallest absolute Gasteiger partial charge is 0.307 e. The number of hydrogen-bond acceptors (Lipinski definition) is 3. The van der Waals surface area contributed by atoms with E-state index in [9.17, 15) is 9.90 Å². The number of β-amino-alcohol motifs (C(OH)–C–C–N with tert-alkyl or cyclic N) is 1. The molecule has 0 unspecified atom stereocenters. The Labute approximate surface area is 94.1 Å². The van der Waals surface area contributed by atoms with E-state index in [2.05, 4.69) is 4.90 Å². The number of likely N-dealkylation sites (tertiary alicyclic amines) is 1. The van der Waals surface area contributed by atoms with Gasteiger partial charge in [0.25, 0.3) is 0 Å². The lowest BCUT2D eigenvalue weighted by molar-refractivity contribution is -0.136. The van der Waals surface area contributed by atoms with Crippen LogP contribution in [0.15, 0.2) is 24.3 Å². The molecule has 0 amide bonds. The number of rotatable bonds is 4. The molecule has 0 saturated carbocycles. The Bertz CT molecular complexity index is 386. The minimum Gasteiger partial charge on any atom is -0.481 e. The number of hydrogen-bond donors (Lipinski definition) is 2. The molecular weight excluding hydrogens is 206 g/mol. The maximum absolute atomic E-state index is 10.7. The summed E-state index contributed by atoms with van der Waals surface area (Å²) in [5.41, 5.74) is 1.90. The van der Waals surface area contributed by atoms with E-state index in [1.807, 2.05) is 24.3 Å². The minimum atomic E-state index is -0.809. The fourth-order valence-corrected chi connectivity index (χ4v) is 1.96. The van der Waals surface area contributed by atoms with Crippen molar-refractivity contribution in [2.75, 3.05) is 13.1 Å². The van der Waals surface area contributed by atoms with Gasteiger partial charge in [-0.15, -0.1) is 0 Å². The zero-order chi connectivity index (χ0) is 11.5. The van der Waals surface area contributed by atoms with E-state index < -0.39 is 5.97 Å². The summed E-state index contributed by atoms with van der Waals surface area (Å²) >= 11 is 0. The fourth-order valence-electron chi connectivity index (χ4n) is 1.96. The molecule has 4 heteroatoms. The van der Waals surface area contributed by atoms with Crippen LogP contribution in [0.4, 0.5) is 0 Å². The first kappa shape index (κ1) is 11.1. The summed E-state index contributed by atoms with van der Waals surface area (Å²) in [5.74, 6) is -0.809. The molecule has 1 aromatic carbocycles. The van der Waals surface area contributed by atoms with E-state index in [0.717, 1.165) is 17.7 Å². The largest absolute Gasteiger partial charge is 0.481 e. The van der Waals surface area contributed by atoms with Gasteiger partial charge in [0.15, 0.2) is 0 Å². The third-order valence-electron chi connectivity index (χ3n) is 2.79. The lowest BCUT2D eigenvalue weighted by Gasteiger charge is -2.36. The number of carboxylic acids is 1. The Morgan fingerprint density at radius 2 is 1.94 bits per heavy atom. The molecule has 2 N–H and O–H groups in total. The van der Waals surface area contributed by atoms with Gasteiger partial charge in [0, 0.05) is 19.6 Å². The van der Waals surface area contributed by atoms with Crippen molar-refractivity contribution in [3.8, 4) is 0 Å². The quantitative estimate of drug-likeness (QED) is 0.776. The molecule has 0 spiro atoms. The summed E-state index contributed by atoms with van der Waals surface area (Å²) < 4.78 is 0. The zero-order valence-corrected chi connectivity index (χ0v) is 8.97. The highest BCUT2D eigenvalue weighted by Crippen LogP contribution is 2.16. The highest BCUT2D eigenvalue weighted by molar-refractivity contribution is 5.70. The van der Waals surface area contributed by atoms with Crippen molar-refractivity contribution in [1.29, 1.82) is 0 Å². The number of aliphatic hydroxyl groups excluding tert-OH is 1. The second-order valence-electron chi connectivity index (χ2n) is 4.19. The number of carboxylic acid groups (broad SMARTS) is 1. The first-order valence-corrected chi connectivity index (χ1v) is 5.34. The van der Waals surface area contributed by atoms with Gasteiger partial charge in [0.1, 0.15) is 0 Å². The maximum atomic E-state index is 10.7. The van der Waals surface area contributed by atoms with Crippen LogP contribution in [0, 0.1) is 0 Å². The standard InChI is InChI=1S/C12H15NO3/c14-11-7-13(8-11)6-10-4-2-1-3-9(10)5-12(15)16/h1-4,11,14H,5-8H2,(H,15,16). The first-order valence-electron chi connectivity index (χ1n) is 5.34. The highest BCUT2D eigenvalue weighted by Gasteiger charge is 2.24. The fraction of sp³-hybridized carbons (Fsp3) is 0.417. The molecule has 1 aliphatic rings. The summed E-state index contributed by atoms with van der Waals surface area (Å²) in [5, 5.41) is 18.0. The summed E-state index contributed by atoms with van der Waals surface area (Å²) in [4.78, 5) is 12.8. The molecule has 0 bridgehead atoms. The number of aliphatic hydroxyl groups is 1. The van der Waals surface area contributed by atoms with Gasteiger partial charge in [-0.1, -0.05) is 24.3 Å². The second-order valence-corrected chi connectivity index (χ2v) is 4.19. The van der Waals surface area contributed by atoms with Gasteiger partial charge in [-0.3, -0.25) is 9.69 Å². The van der Waals surface area contributed by atoms with Crippen LogP contribution in [0.2, 0.25) is 0 Å². The molecule has 86 valence electrons. The average molecular weight is 221 g/mol. The molecule has 1 saturated heterocycles. The van der Waals surface area contributed by atoms with Crippen molar-refractivity contribution in [3.63, 3.8) is 0 Å². The van der Waals surface area contributed by atoms with Gasteiger partial charge < -0.3 is 10.2 Å². The Morgan fingerprint density at radius 1 is 1.31 bits per heavy atom. The zero-order valence-electron chi connectivity index (χ0n) is 8.97. The SMILES string of the molecule is O=C(O)Cc1ccccc1CN1CC(O)C1. The van der Waals surface area contributed by atoms with Crippen molar-refractivity contribution in [2.45, 2.75) is 19.1 Å². The Morgan fingerprint density at radius 3 is 2.50 bits per heavy atom. The minimum absolute atomic E-state index is 0.0621. The van der Waals surface area contributed by atoms with Crippen LogP contribution >= 0.6 is 0 Å². The van der Waals surface area contributed by atoms with Crippen LogP contribution < -0.4 is 0 Å². The summed E-state index contributed by atoms with van der Waals surface area (Å²) in [7, 11) is 0. The monoisotopic (exact) mass is 221 g/mol. The first-order chi connectivity index (χ1) is 7.65. The van der Waals surface area contributed by atoms with Crippen molar-refractivity contribution >= 4 is 5.97 Å². The van der Waals surface area contributed by atoms with Gasteiger partial charge in [-0.25, -0.2) is 0 Å². The van der Waals surface area contributed by atoms with E-state index >= 15 is 0 Å². The van der Waals surface area contributed by atoms with Crippen LogP contribution in [0.25, 0.3) is 0 Å². The summed E-state index contributed by atoms with van der Waals surface area (Å²) in [6.07, 6.45) is -0.154. The number of benzene rings is 1. The molecule has 0 aliphatic carbocycles. The summed E-state index contributed by atoms with van der Waals surface area (Å²) in [6, 6.07) is 7.56. The van der Waals surface area contributed by atoms with Crippen LogP contribution in [-0.4, -0.2) is 40.3 Å². The van der Waals surface area contributed by atoms with Crippen LogP contribution in [0.1, 0.15) is 11.1 Å². The predicted octanol–water partition coefficient (Wildman–Crippen LogP) is 0.490. The van der Waals surface area contributed by atoms with Crippen molar-refractivity contribution < 1.29 is 15.0 Å². The molecule has 1 aliphatic heterocycles. The molecule has 4 nitrogen and oxygen atoms in total. The van der Waals surface area contributed by atoms with E-state index in [4.69, 9.17) is 5.11 Å². The molecule has 0 radical (unpaired) electrons. The second kappa shape index (κ2) is 4.63. The van der Waals surface area contributed by atoms with Gasteiger partial charge in [0.05, 0.1) is 12.5 Å². The third-order valence-corrected chi connectivity index (χ3v) is 2.79. The molecule has 2 rings (SSSR count). The van der Waals surface area contributed by atoms with Crippen molar-refractivity contribution in [2.24, 2.45) is 0 Å². The number of carbonyl (C=O) groups is 1. The van der Waals surface area contributed by atoms with Gasteiger partial charge in [0.2, 0.25) is 0 Å². The van der Waals surface area contributed by atoms with Crippen LogP contribution in [0.5, 0.6) is 0 Å². The topological polar surface area (TPSA) is 60.8 Å². The molecule has 0 aromatic heterocycles. The number of aliphatic carboxylic acids is 1. The Hall–Kier alpha value is -1.39. The molecule has 1 aromatic rings. The van der Waals surface area contributed by atoms with E-state index in [0.29, 0.717) is 13.1 Å².